The minimum absolute atomic E-state index is 0.131. The number of hydrogen-bond acceptors (Lipinski definition) is 6. The SMILES string of the molecule is COc1ccc(S(=O)(=O)Cl)cc1NC(=O)c1cscn1. The Morgan fingerprint density at radius 3 is 2.75 bits per heavy atom. The van der Waals surface area contributed by atoms with Gasteiger partial charge in [-0.3, -0.25) is 4.79 Å². The van der Waals surface area contributed by atoms with Crippen LogP contribution in [-0.2, 0) is 9.05 Å². The molecule has 1 aromatic heterocycles. The number of carbonyl (C=O) groups excluding carboxylic acids is 1. The predicted octanol–water partition coefficient (Wildman–Crippen LogP) is 2.33. The summed E-state index contributed by atoms with van der Waals surface area (Å²) in [6.45, 7) is 0. The Hall–Kier alpha value is -1.64. The van der Waals surface area contributed by atoms with Gasteiger partial charge in [0.15, 0.2) is 0 Å². The molecular formula is C11H9ClN2O4S2. The average molecular weight is 333 g/mol. The number of anilines is 1. The number of methoxy groups -OCH3 is 1. The van der Waals surface area contributed by atoms with Crippen molar-refractivity contribution in [3.05, 3.63) is 34.8 Å². The third-order valence-corrected chi connectivity index (χ3v) is 4.30. The molecule has 0 unspecified atom stereocenters. The number of carbonyl (C=O) groups is 1. The van der Waals surface area contributed by atoms with Crippen LogP contribution in [0.4, 0.5) is 5.69 Å². The summed E-state index contributed by atoms with van der Waals surface area (Å²) >= 11 is 1.28. The molecule has 0 spiro atoms. The molecule has 0 aliphatic heterocycles. The number of thiazole rings is 1. The molecule has 106 valence electrons. The lowest BCUT2D eigenvalue weighted by molar-refractivity contribution is 0.102. The molecule has 9 heteroatoms. The number of rotatable bonds is 4. The Morgan fingerprint density at radius 1 is 1.45 bits per heavy atom. The highest BCUT2D eigenvalue weighted by molar-refractivity contribution is 8.13. The molecule has 0 bridgehead atoms. The summed E-state index contributed by atoms with van der Waals surface area (Å²) < 4.78 is 27.7. The quantitative estimate of drug-likeness (QED) is 0.868. The second-order valence-electron chi connectivity index (χ2n) is 3.63. The first-order chi connectivity index (χ1) is 9.41. The van der Waals surface area contributed by atoms with Crippen LogP contribution in [0.2, 0.25) is 0 Å². The maximum absolute atomic E-state index is 11.9. The number of amides is 1. The van der Waals surface area contributed by atoms with Crippen LogP contribution in [0.1, 0.15) is 10.5 Å². The standard InChI is InChI=1S/C11H9ClN2O4S2/c1-18-10-3-2-7(20(12,16)17)4-8(10)14-11(15)9-5-19-6-13-9/h2-6H,1H3,(H,14,15). The number of hydrogen-bond donors (Lipinski definition) is 1. The van der Waals surface area contributed by atoms with Gasteiger partial charge in [-0.1, -0.05) is 0 Å². The molecule has 0 atom stereocenters. The second-order valence-corrected chi connectivity index (χ2v) is 6.91. The summed E-state index contributed by atoms with van der Waals surface area (Å²) in [6.07, 6.45) is 0. The molecule has 1 amide bonds. The van der Waals surface area contributed by atoms with Crippen LogP contribution in [0.25, 0.3) is 0 Å². The zero-order valence-electron chi connectivity index (χ0n) is 10.2. The molecular weight excluding hydrogens is 324 g/mol. The van der Waals surface area contributed by atoms with Gasteiger partial charge in [0.05, 0.1) is 23.2 Å². The Kier molecular flexibility index (Phi) is 4.26. The zero-order chi connectivity index (χ0) is 14.8. The fourth-order valence-electron chi connectivity index (χ4n) is 1.45. The molecule has 0 aliphatic carbocycles. The van der Waals surface area contributed by atoms with Gasteiger partial charge in [-0.25, -0.2) is 13.4 Å². The van der Waals surface area contributed by atoms with Crippen molar-refractivity contribution >= 4 is 42.7 Å². The maximum Gasteiger partial charge on any atom is 0.275 e. The smallest absolute Gasteiger partial charge is 0.275 e. The monoisotopic (exact) mass is 332 g/mol. The number of aromatic nitrogens is 1. The van der Waals surface area contributed by atoms with E-state index in [1.54, 1.807) is 5.38 Å². The molecule has 1 N–H and O–H groups in total. The Morgan fingerprint density at radius 2 is 2.20 bits per heavy atom. The van der Waals surface area contributed by atoms with Crippen molar-refractivity contribution in [1.82, 2.24) is 4.98 Å². The van der Waals surface area contributed by atoms with Gasteiger partial charge < -0.3 is 10.1 Å². The molecule has 2 aromatic rings. The van der Waals surface area contributed by atoms with Crippen LogP contribution in [0.5, 0.6) is 5.75 Å². The normalized spacial score (nSPS) is 11.1. The van der Waals surface area contributed by atoms with Crippen LogP contribution in [0.15, 0.2) is 34.0 Å². The summed E-state index contributed by atoms with van der Waals surface area (Å²) in [5, 5.41) is 4.11. The van der Waals surface area contributed by atoms with Crippen molar-refractivity contribution in [3.8, 4) is 5.75 Å². The van der Waals surface area contributed by atoms with E-state index in [2.05, 4.69) is 10.3 Å². The summed E-state index contributed by atoms with van der Waals surface area (Å²) in [5.74, 6) is -0.147. The molecule has 6 nitrogen and oxygen atoms in total. The van der Waals surface area contributed by atoms with E-state index in [0.717, 1.165) is 0 Å². The molecule has 20 heavy (non-hydrogen) atoms. The Labute approximate surface area is 123 Å². The fraction of sp³-hybridized carbons (Fsp3) is 0.0909. The molecule has 2 rings (SSSR count). The van der Waals surface area contributed by atoms with Gasteiger partial charge in [0.1, 0.15) is 11.4 Å². The largest absolute Gasteiger partial charge is 0.495 e. The molecule has 0 saturated carbocycles. The molecule has 0 fully saturated rings. The number of nitrogens with zero attached hydrogens (tertiary/aromatic N) is 1. The number of ether oxygens (including phenoxy) is 1. The highest BCUT2D eigenvalue weighted by Crippen LogP contribution is 2.29. The van der Waals surface area contributed by atoms with Crippen LogP contribution in [0, 0.1) is 0 Å². The summed E-state index contributed by atoms with van der Waals surface area (Å²) in [5.41, 5.74) is 1.95. The van der Waals surface area contributed by atoms with Crippen molar-refractivity contribution in [2.24, 2.45) is 0 Å². The van der Waals surface area contributed by atoms with E-state index >= 15 is 0 Å². The third kappa shape index (κ3) is 3.27. The Bertz CT molecular complexity index is 729. The lowest BCUT2D eigenvalue weighted by Crippen LogP contribution is -2.13. The van der Waals surface area contributed by atoms with E-state index < -0.39 is 15.0 Å². The lowest BCUT2D eigenvalue weighted by Gasteiger charge is -2.10. The first-order valence-corrected chi connectivity index (χ1v) is 8.49. The second kappa shape index (κ2) is 5.78. The minimum atomic E-state index is -3.89. The maximum atomic E-state index is 11.9. The number of nitrogens with one attached hydrogen (secondary N) is 1. The van der Waals surface area contributed by atoms with Crippen molar-refractivity contribution in [2.45, 2.75) is 4.90 Å². The number of benzene rings is 1. The molecule has 0 saturated heterocycles. The van der Waals surface area contributed by atoms with Gasteiger partial charge in [-0.15, -0.1) is 11.3 Å². The van der Waals surface area contributed by atoms with Gasteiger partial charge in [-0.2, -0.15) is 0 Å². The summed E-state index contributed by atoms with van der Waals surface area (Å²) in [7, 11) is 2.79. The minimum Gasteiger partial charge on any atom is -0.495 e. The van der Waals surface area contributed by atoms with Crippen LogP contribution < -0.4 is 10.1 Å². The van der Waals surface area contributed by atoms with E-state index in [1.807, 2.05) is 0 Å². The first-order valence-electron chi connectivity index (χ1n) is 5.24. The lowest BCUT2D eigenvalue weighted by atomic mass is 10.3. The van der Waals surface area contributed by atoms with E-state index in [9.17, 15) is 13.2 Å². The van der Waals surface area contributed by atoms with Crippen molar-refractivity contribution < 1.29 is 17.9 Å². The van der Waals surface area contributed by atoms with E-state index in [0.29, 0.717) is 5.75 Å². The third-order valence-electron chi connectivity index (χ3n) is 2.37. The summed E-state index contributed by atoms with van der Waals surface area (Å²) in [4.78, 5) is 15.6. The molecule has 1 aromatic carbocycles. The van der Waals surface area contributed by atoms with Gasteiger partial charge in [0.25, 0.3) is 15.0 Å². The van der Waals surface area contributed by atoms with Crippen molar-refractivity contribution in [1.29, 1.82) is 0 Å². The van der Waals surface area contributed by atoms with Crippen LogP contribution >= 0.6 is 22.0 Å². The van der Waals surface area contributed by atoms with Gasteiger partial charge in [0.2, 0.25) is 0 Å². The van der Waals surface area contributed by atoms with Crippen molar-refractivity contribution in [2.75, 3.05) is 12.4 Å². The van der Waals surface area contributed by atoms with E-state index in [1.165, 1.54) is 42.2 Å². The highest BCUT2D eigenvalue weighted by Gasteiger charge is 2.16. The van der Waals surface area contributed by atoms with E-state index in [-0.39, 0.29) is 16.3 Å². The van der Waals surface area contributed by atoms with Gasteiger partial charge in [0, 0.05) is 16.1 Å². The van der Waals surface area contributed by atoms with Crippen LogP contribution in [0.3, 0.4) is 0 Å². The topological polar surface area (TPSA) is 85.4 Å². The summed E-state index contributed by atoms with van der Waals surface area (Å²) in [6, 6.07) is 3.93. The molecule has 1 heterocycles. The van der Waals surface area contributed by atoms with Crippen LogP contribution in [-0.4, -0.2) is 26.4 Å². The van der Waals surface area contributed by atoms with Crippen molar-refractivity contribution in [3.63, 3.8) is 0 Å². The fourth-order valence-corrected chi connectivity index (χ4v) is 2.76. The first kappa shape index (κ1) is 14.8. The molecule has 0 aliphatic rings. The highest BCUT2D eigenvalue weighted by atomic mass is 35.7. The van der Waals surface area contributed by atoms with E-state index in [4.69, 9.17) is 15.4 Å². The van der Waals surface area contributed by atoms with Gasteiger partial charge >= 0.3 is 0 Å². The predicted molar refractivity (Wildman–Crippen MR) is 76.1 cm³/mol. The zero-order valence-corrected chi connectivity index (χ0v) is 12.6. The van der Waals surface area contributed by atoms with Gasteiger partial charge in [-0.05, 0) is 18.2 Å². The Balaban J connectivity index is 2.37. The number of halogens is 1. The molecule has 0 radical (unpaired) electrons. The average Bonchev–Trinajstić information content (AvgIpc) is 2.91.